The summed E-state index contributed by atoms with van der Waals surface area (Å²) in [6.45, 7) is 0.287. The van der Waals surface area contributed by atoms with E-state index in [-0.39, 0.29) is 29.0 Å². The second-order valence-electron chi connectivity index (χ2n) is 2.31. The third-order valence-corrected chi connectivity index (χ3v) is 1.47. The molecule has 1 rings (SSSR count). The van der Waals surface area contributed by atoms with Crippen molar-refractivity contribution in [1.82, 2.24) is 0 Å². The summed E-state index contributed by atoms with van der Waals surface area (Å²) in [7, 11) is 0. The SMILES string of the molecule is OCCCc1ccccc1.[Ag]. The second-order valence-corrected chi connectivity index (χ2v) is 2.31. The maximum Gasteiger partial charge on any atom is 0.0434 e. The van der Waals surface area contributed by atoms with Crippen LogP contribution < -0.4 is 0 Å². The van der Waals surface area contributed by atoms with Gasteiger partial charge in [-0.15, -0.1) is 0 Å². The smallest absolute Gasteiger partial charge is 0.0434 e. The average Bonchev–Trinajstić information content (AvgIpc) is 2.03. The van der Waals surface area contributed by atoms with Gasteiger partial charge in [-0.25, -0.2) is 0 Å². The summed E-state index contributed by atoms with van der Waals surface area (Å²) in [5, 5.41) is 8.53. The van der Waals surface area contributed by atoms with Crippen molar-refractivity contribution in [2.45, 2.75) is 12.8 Å². The molecule has 1 aromatic rings. The van der Waals surface area contributed by atoms with E-state index in [1.54, 1.807) is 0 Å². The van der Waals surface area contributed by atoms with E-state index in [0.29, 0.717) is 0 Å². The van der Waals surface area contributed by atoms with Crippen molar-refractivity contribution < 1.29 is 27.5 Å². The summed E-state index contributed by atoms with van der Waals surface area (Å²) in [4.78, 5) is 0. The van der Waals surface area contributed by atoms with Crippen molar-refractivity contribution in [3.05, 3.63) is 35.9 Å². The Morgan fingerprint density at radius 1 is 1.09 bits per heavy atom. The first kappa shape index (κ1) is 10.9. The standard InChI is InChI=1S/C9H12O.Ag/c10-8-4-7-9-5-2-1-3-6-9;/h1-3,5-6,10H,4,7-8H2;. The monoisotopic (exact) mass is 243 g/mol. The van der Waals surface area contributed by atoms with E-state index >= 15 is 0 Å². The van der Waals surface area contributed by atoms with Crippen molar-refractivity contribution in [3.8, 4) is 0 Å². The molecule has 0 saturated heterocycles. The number of aryl methyl sites for hydroxylation is 1. The van der Waals surface area contributed by atoms with Gasteiger partial charge < -0.3 is 5.11 Å². The molecule has 0 amide bonds. The molecule has 0 saturated carbocycles. The molecule has 0 spiro atoms. The van der Waals surface area contributed by atoms with Crippen LogP contribution in [0.5, 0.6) is 0 Å². The molecule has 0 aliphatic heterocycles. The fraction of sp³-hybridized carbons (Fsp3) is 0.333. The minimum Gasteiger partial charge on any atom is -0.396 e. The molecule has 0 atom stereocenters. The molecule has 0 fully saturated rings. The largest absolute Gasteiger partial charge is 0.396 e. The second kappa shape index (κ2) is 6.62. The zero-order chi connectivity index (χ0) is 7.23. The number of aliphatic hydroxyl groups excluding tert-OH is 1. The van der Waals surface area contributed by atoms with Crippen molar-refractivity contribution in [2.24, 2.45) is 0 Å². The van der Waals surface area contributed by atoms with Gasteiger partial charge >= 0.3 is 0 Å². The quantitative estimate of drug-likeness (QED) is 0.801. The molecule has 65 valence electrons. The van der Waals surface area contributed by atoms with Crippen LogP contribution in [0.2, 0.25) is 0 Å². The fourth-order valence-corrected chi connectivity index (χ4v) is 0.928. The van der Waals surface area contributed by atoms with Gasteiger partial charge in [0.05, 0.1) is 0 Å². The van der Waals surface area contributed by atoms with Crippen molar-refractivity contribution in [1.29, 1.82) is 0 Å². The van der Waals surface area contributed by atoms with Crippen LogP contribution in [-0.4, -0.2) is 11.7 Å². The van der Waals surface area contributed by atoms with Gasteiger partial charge in [0.25, 0.3) is 0 Å². The Kier molecular flexibility index (Phi) is 6.57. The Morgan fingerprint density at radius 2 is 1.73 bits per heavy atom. The summed E-state index contributed by atoms with van der Waals surface area (Å²) < 4.78 is 0. The predicted molar refractivity (Wildman–Crippen MR) is 41.8 cm³/mol. The van der Waals surface area contributed by atoms with Crippen molar-refractivity contribution in [2.75, 3.05) is 6.61 Å². The molecule has 0 aromatic heterocycles. The first-order valence-corrected chi connectivity index (χ1v) is 3.58. The maximum atomic E-state index is 8.53. The minimum atomic E-state index is 0. The van der Waals surface area contributed by atoms with E-state index < -0.39 is 0 Å². The van der Waals surface area contributed by atoms with Gasteiger partial charge in [0.2, 0.25) is 0 Å². The van der Waals surface area contributed by atoms with Crippen LogP contribution in [0, 0.1) is 0 Å². The van der Waals surface area contributed by atoms with Crippen LogP contribution in [-0.2, 0) is 28.8 Å². The number of hydrogen-bond donors (Lipinski definition) is 1. The van der Waals surface area contributed by atoms with E-state index in [0.717, 1.165) is 12.8 Å². The maximum absolute atomic E-state index is 8.53. The summed E-state index contributed by atoms with van der Waals surface area (Å²) in [6.07, 6.45) is 1.85. The van der Waals surface area contributed by atoms with Crippen LogP contribution in [0.15, 0.2) is 30.3 Å². The molecule has 2 heteroatoms. The van der Waals surface area contributed by atoms with Gasteiger partial charge in [-0.2, -0.15) is 0 Å². The Bertz CT molecular complexity index is 174. The van der Waals surface area contributed by atoms with E-state index in [9.17, 15) is 0 Å². The summed E-state index contributed by atoms with van der Waals surface area (Å²) in [5.74, 6) is 0. The summed E-state index contributed by atoms with van der Waals surface area (Å²) in [5.41, 5.74) is 1.30. The molecule has 1 nitrogen and oxygen atoms in total. The molecular formula is C9H12AgO. The van der Waals surface area contributed by atoms with Crippen LogP contribution in [0.1, 0.15) is 12.0 Å². The normalized spacial score (nSPS) is 8.82. The van der Waals surface area contributed by atoms with Gasteiger partial charge in [-0.05, 0) is 18.4 Å². The van der Waals surface area contributed by atoms with Gasteiger partial charge in [-0.1, -0.05) is 30.3 Å². The van der Waals surface area contributed by atoms with Crippen LogP contribution in [0.25, 0.3) is 0 Å². The van der Waals surface area contributed by atoms with E-state index in [1.165, 1.54) is 5.56 Å². The number of hydrogen-bond acceptors (Lipinski definition) is 1. The van der Waals surface area contributed by atoms with Gasteiger partial charge in [0, 0.05) is 29.0 Å². The van der Waals surface area contributed by atoms with Crippen molar-refractivity contribution in [3.63, 3.8) is 0 Å². The Balaban J connectivity index is 0.000001000. The molecular weight excluding hydrogens is 232 g/mol. The molecule has 1 aromatic carbocycles. The molecule has 1 N–H and O–H groups in total. The third kappa shape index (κ3) is 4.38. The van der Waals surface area contributed by atoms with Gasteiger partial charge in [-0.3, -0.25) is 0 Å². The molecule has 0 aliphatic carbocycles. The average molecular weight is 244 g/mol. The van der Waals surface area contributed by atoms with Crippen LogP contribution in [0.4, 0.5) is 0 Å². The number of benzene rings is 1. The molecule has 0 aliphatic rings. The first-order valence-electron chi connectivity index (χ1n) is 3.58. The Morgan fingerprint density at radius 3 is 2.27 bits per heavy atom. The summed E-state index contributed by atoms with van der Waals surface area (Å²) >= 11 is 0. The minimum absolute atomic E-state index is 0. The topological polar surface area (TPSA) is 20.2 Å². The molecule has 0 heterocycles. The van der Waals surface area contributed by atoms with E-state index in [4.69, 9.17) is 5.11 Å². The predicted octanol–water partition coefficient (Wildman–Crippen LogP) is 1.61. The van der Waals surface area contributed by atoms with Gasteiger partial charge in [0.1, 0.15) is 0 Å². The van der Waals surface area contributed by atoms with E-state index in [1.807, 2.05) is 18.2 Å². The van der Waals surface area contributed by atoms with E-state index in [2.05, 4.69) is 12.1 Å². The third-order valence-electron chi connectivity index (χ3n) is 1.47. The van der Waals surface area contributed by atoms with Crippen LogP contribution >= 0.6 is 0 Å². The molecule has 11 heavy (non-hydrogen) atoms. The zero-order valence-electron chi connectivity index (χ0n) is 6.26. The number of rotatable bonds is 3. The summed E-state index contributed by atoms with van der Waals surface area (Å²) in [6, 6.07) is 10.2. The first-order chi connectivity index (χ1) is 4.93. The zero-order valence-corrected chi connectivity index (χ0v) is 7.74. The fourth-order valence-electron chi connectivity index (χ4n) is 0.928. The van der Waals surface area contributed by atoms with Crippen molar-refractivity contribution >= 4 is 0 Å². The van der Waals surface area contributed by atoms with Gasteiger partial charge in [0.15, 0.2) is 0 Å². The van der Waals surface area contributed by atoms with Crippen LogP contribution in [0.3, 0.4) is 0 Å². The molecule has 1 radical (unpaired) electrons. The number of aliphatic hydroxyl groups is 1. The Hall–Kier alpha value is -0.0797. The molecule has 0 bridgehead atoms. The Labute approximate surface area is 83.0 Å². The molecule has 0 unspecified atom stereocenters.